The largest absolute Gasteiger partial charge is 0.468 e. The second-order valence-electron chi connectivity index (χ2n) is 8.29. The first-order valence-corrected chi connectivity index (χ1v) is 10.7. The van der Waals surface area contributed by atoms with Gasteiger partial charge in [0, 0.05) is 6.42 Å². The Bertz CT molecular complexity index is 1180. The highest BCUT2D eigenvalue weighted by Gasteiger charge is 2.70. The van der Waals surface area contributed by atoms with Crippen molar-refractivity contribution in [3.8, 4) is 0 Å². The van der Waals surface area contributed by atoms with Crippen LogP contribution in [-0.2, 0) is 34.1 Å². The van der Waals surface area contributed by atoms with Gasteiger partial charge in [0.05, 0.1) is 38.0 Å². The van der Waals surface area contributed by atoms with Crippen molar-refractivity contribution in [2.24, 2.45) is 5.41 Å². The van der Waals surface area contributed by atoms with Crippen molar-refractivity contribution in [1.82, 2.24) is 4.90 Å². The second kappa shape index (κ2) is 8.62. The van der Waals surface area contributed by atoms with Gasteiger partial charge in [-0.05, 0) is 36.8 Å². The standard InChI is InChI=1S/C25H23NO9/c1-24(15-11-9-14(10-12-15)21(29)32-2)25(22(30)33-3,23(31)34-4)13-18(35-24)26-19(27)16-7-5-6-8-17(16)20(26)28/h5-12,18H,13H2,1-4H3/t18-,24-/m1/s1. The smallest absolute Gasteiger partial charge is 0.337 e. The van der Waals surface area contributed by atoms with Gasteiger partial charge in [0.15, 0.2) is 0 Å². The van der Waals surface area contributed by atoms with E-state index in [-0.39, 0.29) is 16.7 Å². The lowest BCUT2D eigenvalue weighted by Gasteiger charge is -2.37. The number of ether oxygens (including phenoxy) is 4. The Labute approximate surface area is 200 Å². The molecule has 2 aliphatic heterocycles. The van der Waals surface area contributed by atoms with Crippen molar-refractivity contribution in [2.45, 2.75) is 25.2 Å². The van der Waals surface area contributed by atoms with Gasteiger partial charge in [0.2, 0.25) is 5.41 Å². The van der Waals surface area contributed by atoms with Gasteiger partial charge in [-0.3, -0.25) is 19.2 Å². The third-order valence-corrected chi connectivity index (χ3v) is 6.70. The molecule has 35 heavy (non-hydrogen) atoms. The summed E-state index contributed by atoms with van der Waals surface area (Å²) < 4.78 is 21.0. The van der Waals surface area contributed by atoms with Crippen LogP contribution in [0.4, 0.5) is 0 Å². The van der Waals surface area contributed by atoms with Crippen LogP contribution in [0.25, 0.3) is 0 Å². The minimum absolute atomic E-state index is 0.193. The molecule has 0 saturated carbocycles. The quantitative estimate of drug-likeness (QED) is 0.273. The fraction of sp³-hybridized carbons (Fsp3) is 0.320. The number of carbonyl (C=O) groups excluding carboxylic acids is 5. The fourth-order valence-corrected chi connectivity index (χ4v) is 4.83. The Hall–Kier alpha value is -4.05. The third-order valence-electron chi connectivity index (χ3n) is 6.70. The topological polar surface area (TPSA) is 126 Å². The molecule has 0 unspecified atom stereocenters. The molecule has 2 aromatic carbocycles. The number of benzene rings is 2. The van der Waals surface area contributed by atoms with E-state index in [9.17, 15) is 24.0 Å². The van der Waals surface area contributed by atoms with E-state index in [0.29, 0.717) is 5.56 Å². The van der Waals surface area contributed by atoms with E-state index >= 15 is 0 Å². The number of hydrogen-bond donors (Lipinski definition) is 0. The van der Waals surface area contributed by atoms with E-state index in [1.54, 1.807) is 12.1 Å². The number of rotatable bonds is 5. The van der Waals surface area contributed by atoms with E-state index < -0.39 is 53.4 Å². The van der Waals surface area contributed by atoms with Crippen LogP contribution in [-0.4, -0.2) is 62.2 Å². The van der Waals surface area contributed by atoms with Gasteiger partial charge in [-0.2, -0.15) is 0 Å². The molecule has 0 radical (unpaired) electrons. The van der Waals surface area contributed by atoms with Crippen LogP contribution in [0.5, 0.6) is 0 Å². The Morgan fingerprint density at radius 3 is 1.83 bits per heavy atom. The maximum absolute atomic E-state index is 13.2. The van der Waals surface area contributed by atoms with E-state index in [4.69, 9.17) is 18.9 Å². The maximum atomic E-state index is 13.2. The van der Waals surface area contributed by atoms with Crippen LogP contribution in [0.3, 0.4) is 0 Å². The highest BCUT2D eigenvalue weighted by atomic mass is 16.6. The van der Waals surface area contributed by atoms with Crippen molar-refractivity contribution in [3.63, 3.8) is 0 Å². The van der Waals surface area contributed by atoms with E-state index in [2.05, 4.69) is 0 Å². The Kier molecular flexibility index (Phi) is 5.93. The molecule has 1 saturated heterocycles. The summed E-state index contributed by atoms with van der Waals surface area (Å²) in [6, 6.07) is 12.2. The number of methoxy groups -OCH3 is 3. The van der Waals surface area contributed by atoms with Gasteiger partial charge < -0.3 is 18.9 Å². The normalized spacial score (nSPS) is 22.5. The molecule has 2 aromatic rings. The second-order valence-corrected chi connectivity index (χ2v) is 8.29. The molecule has 10 heteroatoms. The summed E-state index contributed by atoms with van der Waals surface area (Å²) in [5.74, 6) is -3.70. The minimum Gasteiger partial charge on any atom is -0.468 e. The molecular weight excluding hydrogens is 458 g/mol. The SMILES string of the molecule is COC(=O)c1ccc([C@@]2(C)O[C@@H](N3C(=O)c4ccccc4C3=O)CC2(C(=O)OC)C(=O)OC)cc1. The lowest BCUT2D eigenvalue weighted by molar-refractivity contribution is -0.185. The predicted molar refractivity (Wildman–Crippen MR) is 118 cm³/mol. The summed E-state index contributed by atoms with van der Waals surface area (Å²) >= 11 is 0. The number of carbonyl (C=O) groups is 5. The molecule has 0 bridgehead atoms. The molecule has 1 fully saturated rings. The average Bonchev–Trinajstić information content (AvgIpc) is 3.34. The van der Waals surface area contributed by atoms with Crippen LogP contribution in [0.1, 0.15) is 50.0 Å². The van der Waals surface area contributed by atoms with Crippen LogP contribution in [0.2, 0.25) is 0 Å². The summed E-state index contributed by atoms with van der Waals surface area (Å²) in [7, 11) is 3.47. The lowest BCUT2D eigenvalue weighted by Crippen LogP contribution is -2.52. The Morgan fingerprint density at radius 1 is 0.857 bits per heavy atom. The predicted octanol–water partition coefficient (Wildman–Crippen LogP) is 2.06. The number of esters is 3. The van der Waals surface area contributed by atoms with E-state index in [1.165, 1.54) is 50.4 Å². The molecule has 10 nitrogen and oxygen atoms in total. The molecule has 0 spiro atoms. The number of hydrogen-bond acceptors (Lipinski definition) is 9. The summed E-state index contributed by atoms with van der Waals surface area (Å²) in [6.07, 6.45) is -1.68. The zero-order valence-corrected chi connectivity index (χ0v) is 19.5. The molecule has 182 valence electrons. The first-order valence-electron chi connectivity index (χ1n) is 10.7. The van der Waals surface area contributed by atoms with Crippen LogP contribution < -0.4 is 0 Å². The molecule has 2 amide bonds. The summed E-state index contributed by atoms with van der Waals surface area (Å²) in [5.41, 5.74) is -2.86. The zero-order chi connectivity index (χ0) is 25.5. The summed E-state index contributed by atoms with van der Waals surface area (Å²) in [4.78, 5) is 65.5. The van der Waals surface area contributed by atoms with Crippen LogP contribution >= 0.6 is 0 Å². The van der Waals surface area contributed by atoms with E-state index in [0.717, 1.165) is 19.1 Å². The van der Waals surface area contributed by atoms with Crippen molar-refractivity contribution in [2.75, 3.05) is 21.3 Å². The number of imide groups is 1. The lowest BCUT2D eigenvalue weighted by atomic mass is 9.68. The van der Waals surface area contributed by atoms with Gasteiger partial charge in [-0.15, -0.1) is 0 Å². The van der Waals surface area contributed by atoms with Crippen molar-refractivity contribution < 1.29 is 42.9 Å². The first kappa shape index (κ1) is 24.1. The average molecular weight is 481 g/mol. The molecule has 0 aromatic heterocycles. The highest BCUT2D eigenvalue weighted by Crippen LogP contribution is 2.55. The molecular formula is C25H23NO9. The monoisotopic (exact) mass is 481 g/mol. The van der Waals surface area contributed by atoms with Gasteiger partial charge in [0.1, 0.15) is 11.8 Å². The molecule has 4 rings (SSSR count). The number of nitrogens with zero attached hydrogens (tertiary/aromatic N) is 1. The maximum Gasteiger partial charge on any atom is 0.337 e. The number of amides is 2. The highest BCUT2D eigenvalue weighted by molar-refractivity contribution is 6.21. The third kappa shape index (κ3) is 3.32. The summed E-state index contributed by atoms with van der Waals surface area (Å²) in [6.45, 7) is 1.48. The van der Waals surface area contributed by atoms with Crippen LogP contribution in [0, 0.1) is 5.41 Å². The Balaban J connectivity index is 1.85. The molecule has 2 atom stereocenters. The van der Waals surface area contributed by atoms with Crippen LogP contribution in [0.15, 0.2) is 48.5 Å². The molecule has 2 heterocycles. The van der Waals surface area contributed by atoms with Crippen molar-refractivity contribution >= 4 is 29.7 Å². The molecule has 0 N–H and O–H groups in total. The first-order chi connectivity index (χ1) is 16.7. The minimum atomic E-state index is -2.07. The van der Waals surface area contributed by atoms with Gasteiger partial charge in [-0.25, -0.2) is 9.69 Å². The molecule has 0 aliphatic carbocycles. The summed E-state index contributed by atoms with van der Waals surface area (Å²) in [5, 5.41) is 0. The molecule has 2 aliphatic rings. The zero-order valence-electron chi connectivity index (χ0n) is 19.5. The number of fused-ring (bicyclic) bond motifs is 1. The Morgan fingerprint density at radius 2 is 1.37 bits per heavy atom. The van der Waals surface area contributed by atoms with E-state index in [1.807, 2.05) is 0 Å². The van der Waals surface area contributed by atoms with Gasteiger partial charge >= 0.3 is 17.9 Å². The van der Waals surface area contributed by atoms with Crippen molar-refractivity contribution in [3.05, 3.63) is 70.8 Å². The van der Waals surface area contributed by atoms with Gasteiger partial charge in [-0.1, -0.05) is 24.3 Å². The fourth-order valence-electron chi connectivity index (χ4n) is 4.83. The van der Waals surface area contributed by atoms with Crippen molar-refractivity contribution in [1.29, 1.82) is 0 Å². The van der Waals surface area contributed by atoms with Gasteiger partial charge in [0.25, 0.3) is 11.8 Å².